The summed E-state index contributed by atoms with van der Waals surface area (Å²) in [5.41, 5.74) is 0.827. The summed E-state index contributed by atoms with van der Waals surface area (Å²) in [5, 5.41) is 8.89. The maximum absolute atomic E-state index is 13.4. The number of hydrogen-bond acceptors (Lipinski definition) is 2. The number of hydrogen-bond donors (Lipinski definition) is 0. The van der Waals surface area contributed by atoms with Crippen LogP contribution in [0, 0.1) is 28.8 Å². The smallest absolute Gasteiger partial charge is 0.139 e. The van der Waals surface area contributed by atoms with Gasteiger partial charge in [0.15, 0.2) is 0 Å². The Balaban J connectivity index is 2.19. The van der Waals surface area contributed by atoms with Crippen LogP contribution in [0.5, 0.6) is 0 Å². The lowest BCUT2D eigenvalue weighted by molar-refractivity contribution is 0.565. The topological polar surface area (TPSA) is 23.8 Å². The molecule has 0 aliphatic heterocycles. The monoisotopic (exact) mass is 279 g/mol. The van der Waals surface area contributed by atoms with Crippen LogP contribution in [0.4, 0.5) is 13.2 Å². The largest absolute Gasteiger partial charge is 0.207 e. The van der Waals surface area contributed by atoms with E-state index in [0.29, 0.717) is 11.1 Å². The summed E-state index contributed by atoms with van der Waals surface area (Å²) >= 11 is 1.09. The van der Waals surface area contributed by atoms with Crippen LogP contribution in [0.3, 0.4) is 0 Å². The molecule has 19 heavy (non-hydrogen) atoms. The van der Waals surface area contributed by atoms with E-state index >= 15 is 0 Å². The van der Waals surface area contributed by atoms with Crippen molar-refractivity contribution in [1.82, 2.24) is 0 Å². The van der Waals surface area contributed by atoms with Crippen molar-refractivity contribution in [1.29, 1.82) is 5.26 Å². The molecule has 0 fully saturated rings. The highest BCUT2D eigenvalue weighted by atomic mass is 32.2. The zero-order chi connectivity index (χ0) is 13.8. The van der Waals surface area contributed by atoms with E-state index in [-0.39, 0.29) is 10.6 Å². The van der Waals surface area contributed by atoms with Gasteiger partial charge in [-0.1, -0.05) is 0 Å². The van der Waals surface area contributed by atoms with Crippen molar-refractivity contribution in [2.24, 2.45) is 0 Å². The summed E-state index contributed by atoms with van der Waals surface area (Å²) in [4.78, 5) is 0.259. The van der Waals surface area contributed by atoms with Crippen LogP contribution >= 0.6 is 11.8 Å². The summed E-state index contributed by atoms with van der Waals surface area (Å²) in [5.74, 6) is -1.53. The molecule has 1 nitrogen and oxygen atoms in total. The van der Waals surface area contributed by atoms with E-state index in [2.05, 4.69) is 0 Å². The Hall–Kier alpha value is -1.93. The fourth-order valence-corrected chi connectivity index (χ4v) is 2.45. The molecule has 0 atom stereocenters. The Kier molecular flexibility index (Phi) is 4.13. The first-order valence-corrected chi connectivity index (χ1v) is 6.35. The Morgan fingerprint density at radius 2 is 1.68 bits per heavy atom. The van der Waals surface area contributed by atoms with Gasteiger partial charge >= 0.3 is 0 Å². The molecule has 0 unspecified atom stereocenters. The van der Waals surface area contributed by atoms with Gasteiger partial charge in [-0.05, 0) is 35.9 Å². The molecule has 0 spiro atoms. The predicted octanol–water partition coefficient (Wildman–Crippen LogP) is 4.27. The van der Waals surface area contributed by atoms with Crippen LogP contribution < -0.4 is 0 Å². The van der Waals surface area contributed by atoms with Gasteiger partial charge < -0.3 is 0 Å². The van der Waals surface area contributed by atoms with Crippen molar-refractivity contribution >= 4 is 11.8 Å². The van der Waals surface area contributed by atoms with Crippen LogP contribution in [0.2, 0.25) is 0 Å². The number of benzene rings is 2. The minimum atomic E-state index is -0.667. The second-order valence-corrected chi connectivity index (χ2v) is 4.79. The highest BCUT2D eigenvalue weighted by Gasteiger charge is 2.08. The van der Waals surface area contributed by atoms with Gasteiger partial charge in [-0.3, -0.25) is 0 Å². The van der Waals surface area contributed by atoms with E-state index < -0.39 is 17.5 Å². The van der Waals surface area contributed by atoms with Crippen molar-refractivity contribution < 1.29 is 13.2 Å². The lowest BCUT2D eigenvalue weighted by Crippen LogP contribution is -1.91. The highest BCUT2D eigenvalue weighted by Crippen LogP contribution is 2.27. The quantitative estimate of drug-likeness (QED) is 0.783. The molecule has 0 saturated carbocycles. The Bertz CT molecular complexity index is 650. The fourth-order valence-electron chi connectivity index (χ4n) is 1.54. The number of halogens is 3. The maximum Gasteiger partial charge on any atom is 0.139 e. The van der Waals surface area contributed by atoms with Crippen molar-refractivity contribution in [3.05, 3.63) is 65.0 Å². The average Bonchev–Trinajstić information content (AvgIpc) is 2.38. The number of nitriles is 1. The minimum absolute atomic E-state index is 0.239. The van der Waals surface area contributed by atoms with Crippen LogP contribution in [-0.2, 0) is 5.75 Å². The van der Waals surface area contributed by atoms with Crippen LogP contribution in [0.15, 0.2) is 41.3 Å². The van der Waals surface area contributed by atoms with Crippen LogP contribution in [0.1, 0.15) is 11.1 Å². The molecule has 96 valence electrons. The molecule has 2 aromatic rings. The summed E-state index contributed by atoms with van der Waals surface area (Å²) in [6.07, 6.45) is 0. The number of thioether (sulfide) groups is 1. The van der Waals surface area contributed by atoms with Gasteiger partial charge in [0.2, 0.25) is 0 Å². The SMILES string of the molecule is N#Cc1ccc(F)cc1CSc1ccc(F)cc1F. The van der Waals surface area contributed by atoms with Gasteiger partial charge in [-0.15, -0.1) is 11.8 Å². The zero-order valence-corrected chi connectivity index (χ0v) is 10.5. The van der Waals surface area contributed by atoms with E-state index in [0.717, 1.165) is 23.9 Å². The van der Waals surface area contributed by atoms with Gasteiger partial charge in [0, 0.05) is 16.7 Å². The lowest BCUT2D eigenvalue weighted by Gasteiger charge is -2.05. The molecule has 0 heterocycles. The lowest BCUT2D eigenvalue weighted by atomic mass is 10.1. The first-order valence-electron chi connectivity index (χ1n) is 5.36. The highest BCUT2D eigenvalue weighted by molar-refractivity contribution is 7.98. The van der Waals surface area contributed by atoms with E-state index in [1.807, 2.05) is 6.07 Å². The molecule has 0 bridgehead atoms. The average molecular weight is 279 g/mol. The standard InChI is InChI=1S/C14H8F3NS/c15-11-2-1-9(7-18)10(5-11)8-19-14-4-3-12(16)6-13(14)17/h1-6H,8H2. The third kappa shape index (κ3) is 3.30. The predicted molar refractivity (Wildman–Crippen MR) is 67.0 cm³/mol. The molecule has 0 amide bonds. The summed E-state index contributed by atoms with van der Waals surface area (Å²) in [6, 6.07) is 9.04. The fraction of sp³-hybridized carbons (Fsp3) is 0.0714. The third-order valence-electron chi connectivity index (χ3n) is 2.46. The molecule has 0 aliphatic carbocycles. The van der Waals surface area contributed by atoms with E-state index in [1.54, 1.807) is 0 Å². The summed E-state index contributed by atoms with van der Waals surface area (Å²) in [6.45, 7) is 0. The van der Waals surface area contributed by atoms with E-state index in [1.165, 1.54) is 24.3 Å². The molecule has 0 saturated heterocycles. The third-order valence-corrected chi connectivity index (χ3v) is 3.56. The van der Waals surface area contributed by atoms with Gasteiger partial charge in [0.25, 0.3) is 0 Å². The molecule has 5 heteroatoms. The van der Waals surface area contributed by atoms with E-state index in [9.17, 15) is 13.2 Å². The van der Waals surface area contributed by atoms with Crippen LogP contribution in [0.25, 0.3) is 0 Å². The summed E-state index contributed by atoms with van der Waals surface area (Å²) < 4.78 is 39.3. The Morgan fingerprint density at radius 3 is 2.37 bits per heavy atom. The van der Waals surface area contributed by atoms with Gasteiger partial charge in [0.1, 0.15) is 17.5 Å². The first kappa shape index (κ1) is 13.5. The van der Waals surface area contributed by atoms with Crippen molar-refractivity contribution in [2.45, 2.75) is 10.6 Å². The molecule has 2 aromatic carbocycles. The minimum Gasteiger partial charge on any atom is -0.207 e. The molecular weight excluding hydrogens is 271 g/mol. The normalized spacial score (nSPS) is 10.2. The molecule has 0 N–H and O–H groups in total. The molecule has 2 rings (SSSR count). The zero-order valence-electron chi connectivity index (χ0n) is 9.66. The number of nitrogens with zero attached hydrogens (tertiary/aromatic N) is 1. The van der Waals surface area contributed by atoms with E-state index in [4.69, 9.17) is 5.26 Å². The van der Waals surface area contributed by atoms with Crippen molar-refractivity contribution in [3.63, 3.8) is 0 Å². The molecule has 0 radical (unpaired) electrons. The summed E-state index contributed by atoms with van der Waals surface area (Å²) in [7, 11) is 0. The second-order valence-electron chi connectivity index (χ2n) is 3.78. The van der Waals surface area contributed by atoms with Gasteiger partial charge in [0.05, 0.1) is 11.6 Å². The molecular formula is C14H8F3NS. The van der Waals surface area contributed by atoms with Gasteiger partial charge in [-0.2, -0.15) is 5.26 Å². The molecule has 0 aliphatic rings. The van der Waals surface area contributed by atoms with Crippen LogP contribution in [-0.4, -0.2) is 0 Å². The first-order chi connectivity index (χ1) is 9.10. The second kappa shape index (κ2) is 5.81. The van der Waals surface area contributed by atoms with Gasteiger partial charge in [-0.25, -0.2) is 13.2 Å². The van der Waals surface area contributed by atoms with Crippen molar-refractivity contribution in [3.8, 4) is 6.07 Å². The Labute approximate surface area is 112 Å². The molecule has 0 aromatic heterocycles. The van der Waals surface area contributed by atoms with Crippen molar-refractivity contribution in [2.75, 3.05) is 0 Å². The maximum atomic E-state index is 13.4. The number of rotatable bonds is 3. The Morgan fingerprint density at radius 1 is 1.00 bits per heavy atom.